The maximum atomic E-state index is 9.22. The molecule has 0 aliphatic rings. The second-order valence-corrected chi connectivity index (χ2v) is 14.8. The summed E-state index contributed by atoms with van der Waals surface area (Å²) in [5, 5.41) is 0. The molecule has 0 aliphatic carbocycles. The van der Waals surface area contributed by atoms with E-state index in [0.717, 1.165) is 0 Å². The van der Waals surface area contributed by atoms with Gasteiger partial charge in [-0.3, -0.25) is 0 Å². The zero-order chi connectivity index (χ0) is 12.8. The molecule has 0 aromatic heterocycles. The summed E-state index contributed by atoms with van der Waals surface area (Å²) in [7, 11) is 0. The monoisotopic (exact) mass is 537 g/mol. The minimum atomic E-state index is -8.37. The van der Waals surface area contributed by atoms with Crippen LogP contribution in [0.25, 0.3) is 0 Å². The van der Waals surface area contributed by atoms with E-state index in [2.05, 4.69) is 0 Å². The fraction of sp³-hybridized carbons (Fsp3) is 0. The van der Waals surface area contributed by atoms with Gasteiger partial charge in [-0.25, -0.2) is 0 Å². The van der Waals surface area contributed by atoms with E-state index < -0.39 is 36.3 Å². The molecule has 0 unspecified atom stereocenters. The zero-order valence-electron chi connectivity index (χ0n) is 8.75. The summed E-state index contributed by atoms with van der Waals surface area (Å²) in [4.78, 5) is 0. The van der Waals surface area contributed by atoms with Crippen LogP contribution in [0.15, 0.2) is 0 Å². The van der Waals surface area contributed by atoms with Gasteiger partial charge in [0.2, 0.25) is 0 Å². The van der Waals surface area contributed by atoms with Crippen molar-refractivity contribution in [2.45, 2.75) is 0 Å². The normalized spacial score (nSPS) is 17.1. The van der Waals surface area contributed by atoms with Crippen LogP contribution in [-0.4, -0.2) is 66.4 Å². The van der Waals surface area contributed by atoms with Gasteiger partial charge in [0.25, 0.3) is 0 Å². The van der Waals surface area contributed by atoms with E-state index >= 15 is 0 Å². The molecule has 2 radical (unpaired) electrons. The van der Waals surface area contributed by atoms with Crippen molar-refractivity contribution in [2.75, 3.05) is 0 Å². The van der Waals surface area contributed by atoms with Crippen molar-refractivity contribution >= 4 is 10.1 Å². The van der Waals surface area contributed by atoms with Gasteiger partial charge in [0, 0.05) is 10.1 Å². The van der Waals surface area contributed by atoms with Gasteiger partial charge >= 0.3 is 77.5 Å². The van der Waals surface area contributed by atoms with E-state index in [-0.39, 0.29) is 32.0 Å². The topological polar surface area (TPSA) is 374 Å². The van der Waals surface area contributed by atoms with Crippen molar-refractivity contribution < 1.29 is 99.4 Å². The molecule has 0 spiro atoms. The van der Waals surface area contributed by atoms with Crippen molar-refractivity contribution in [3.63, 3.8) is 0 Å². The van der Waals surface area contributed by atoms with Crippen LogP contribution in [-0.2, 0) is 0 Å². The Labute approximate surface area is 109 Å². The Bertz CT molecular complexity index is 162. The van der Waals surface area contributed by atoms with Gasteiger partial charge in [0.15, 0.2) is 0 Å². The third kappa shape index (κ3) is 5610. The molecule has 19 heavy (non-hydrogen) atoms. The first-order chi connectivity index (χ1) is 4.90. The molecule has 130 valence electrons. The van der Waals surface area contributed by atoms with Gasteiger partial charge in [-0.05, 0) is 0 Å². The first-order valence-electron chi connectivity index (χ1n) is 2.00. The molecular formula is H18BeI2O16. The first-order valence-corrected chi connectivity index (χ1v) is 13.4. The summed E-state index contributed by atoms with van der Waals surface area (Å²) in [6.07, 6.45) is 0. The van der Waals surface area contributed by atoms with Gasteiger partial charge in [-0.1, -0.05) is 0 Å². The molecule has 0 rings (SSSR count). The number of hydrogen-bond acceptors (Lipinski definition) is 12. The van der Waals surface area contributed by atoms with Crippen LogP contribution in [0.5, 0.6) is 0 Å². The fourth-order valence-electron chi connectivity index (χ4n) is 0. The van der Waals surface area contributed by atoms with Gasteiger partial charge in [-0.15, -0.1) is 0 Å². The molecule has 0 aromatic rings. The van der Waals surface area contributed by atoms with E-state index in [0.29, 0.717) is 0 Å². The first kappa shape index (κ1) is 42.7. The quantitative estimate of drug-likeness (QED) is 0.102. The van der Waals surface area contributed by atoms with E-state index in [1.807, 2.05) is 0 Å². The molecule has 19 heteroatoms. The Kier molecular flexibility index (Phi) is 14.4. The molecular weight excluding hydrogens is 519 g/mol. The van der Waals surface area contributed by atoms with Gasteiger partial charge in [0.05, 0.1) is 0 Å². The van der Waals surface area contributed by atoms with Crippen molar-refractivity contribution in [1.82, 2.24) is 0 Å². The summed E-state index contributed by atoms with van der Waals surface area (Å²) in [6.45, 7) is 0. The Morgan fingerprint density at radius 2 is 0.421 bits per heavy atom. The zero-order valence-corrected chi connectivity index (χ0v) is 13.1. The Morgan fingerprint density at radius 3 is 0.421 bits per heavy atom. The number of rotatable bonds is 0. The van der Waals surface area contributed by atoms with Crippen LogP contribution in [0.1, 0.15) is 0 Å². The summed E-state index contributed by atoms with van der Waals surface area (Å²) >= 11 is -16.7. The molecule has 16 nitrogen and oxygen atoms in total. The van der Waals surface area contributed by atoms with Crippen LogP contribution in [0.2, 0.25) is 0 Å². The average Bonchev–Trinajstić information content (AvgIpc) is 0.938. The minimum absolute atomic E-state index is 0. The van der Waals surface area contributed by atoms with E-state index in [1.165, 1.54) is 0 Å². The maximum absolute atomic E-state index is 9.22. The van der Waals surface area contributed by atoms with Crippen molar-refractivity contribution in [2.24, 2.45) is 0 Å². The van der Waals surface area contributed by atoms with Crippen LogP contribution in [0.3, 0.4) is 0 Å². The van der Waals surface area contributed by atoms with Crippen molar-refractivity contribution in [3.8, 4) is 0 Å². The second-order valence-electron chi connectivity index (χ2n) is 2.20. The molecule has 0 fully saturated rings. The van der Waals surface area contributed by atoms with Gasteiger partial charge in [0.1, 0.15) is 0 Å². The number of hydrogen-bond donors (Lipinski definition) is 10. The molecule has 0 saturated carbocycles. The summed E-state index contributed by atoms with van der Waals surface area (Å²) < 4.78 is 91.4. The Balaban J connectivity index is -0.0000000240. The molecule has 18 N–H and O–H groups in total. The standard InChI is InChI=1S/Be.2H5IO6.4H2O/c;2*2-1(3,4,5,6)7;;;;/h;2*2-6H;4*1H2. The Morgan fingerprint density at radius 1 is 0.421 bits per heavy atom. The SMILES string of the molecule is O.O.O.O.[Be].[O-][I+](O)(O)(O)(O)O.[O-][I+](O)(O)(O)(O)O. The van der Waals surface area contributed by atoms with Crippen LogP contribution < -0.4 is 43.2 Å². The van der Waals surface area contributed by atoms with Crippen molar-refractivity contribution in [3.05, 3.63) is 0 Å². The van der Waals surface area contributed by atoms with E-state index in [9.17, 15) is 6.87 Å². The van der Waals surface area contributed by atoms with Crippen molar-refractivity contribution in [1.29, 1.82) is 0 Å². The molecule has 0 heterocycles. The van der Waals surface area contributed by atoms with Gasteiger partial charge in [-0.2, -0.15) is 0 Å². The summed E-state index contributed by atoms with van der Waals surface area (Å²) in [5.41, 5.74) is 0. The third-order valence-corrected chi connectivity index (χ3v) is 0. The molecule has 0 aliphatic heterocycles. The molecule has 0 amide bonds. The van der Waals surface area contributed by atoms with Gasteiger partial charge < -0.3 is 21.9 Å². The average molecular weight is 537 g/mol. The van der Waals surface area contributed by atoms with E-state index in [4.69, 9.17) is 34.4 Å². The molecule has 0 saturated heterocycles. The number of halogens is 2. The summed E-state index contributed by atoms with van der Waals surface area (Å²) in [5.74, 6) is 0. The molecule has 0 atom stereocenters. The summed E-state index contributed by atoms with van der Waals surface area (Å²) in [6, 6.07) is 0. The van der Waals surface area contributed by atoms with Crippen LogP contribution >= 0.6 is 0 Å². The molecule has 0 bridgehead atoms. The fourth-order valence-corrected chi connectivity index (χ4v) is 0. The predicted molar refractivity (Wildman–Crippen MR) is 42.4 cm³/mol. The van der Waals surface area contributed by atoms with Crippen LogP contribution in [0, 0.1) is 0 Å². The Hall–Kier alpha value is 0.989. The predicted octanol–water partition coefficient (Wildman–Crippen LogP) is -17.6. The molecule has 0 aromatic carbocycles. The van der Waals surface area contributed by atoms with E-state index in [1.54, 1.807) is 0 Å². The third-order valence-electron chi connectivity index (χ3n) is 0. The van der Waals surface area contributed by atoms with Crippen LogP contribution in [0.4, 0.5) is 0 Å². The second kappa shape index (κ2) is 6.40.